The molecule has 2 aromatic carbocycles. The lowest BCUT2D eigenvalue weighted by Crippen LogP contribution is -2.34. The quantitative estimate of drug-likeness (QED) is 0.412. The Morgan fingerprint density at radius 1 is 1.03 bits per heavy atom. The Morgan fingerprint density at radius 3 is 2.53 bits per heavy atom. The normalized spacial score (nSPS) is 10.7. The van der Waals surface area contributed by atoms with Crippen molar-refractivity contribution < 1.29 is 18.7 Å². The van der Waals surface area contributed by atoms with Crippen LogP contribution in [0, 0.1) is 0 Å². The summed E-state index contributed by atoms with van der Waals surface area (Å²) in [6, 6.07) is 19.4. The van der Waals surface area contributed by atoms with Crippen LogP contribution < -0.4 is 20.0 Å². The van der Waals surface area contributed by atoms with Crippen LogP contribution >= 0.6 is 11.3 Å². The lowest BCUT2D eigenvalue weighted by molar-refractivity contribution is -0.120. The molecule has 0 unspecified atom stereocenters. The van der Waals surface area contributed by atoms with E-state index in [1.807, 2.05) is 41.8 Å². The van der Waals surface area contributed by atoms with Gasteiger partial charge in [-0.15, -0.1) is 11.3 Å². The highest BCUT2D eigenvalue weighted by Crippen LogP contribution is 2.24. The van der Waals surface area contributed by atoms with Gasteiger partial charge in [0.2, 0.25) is 0 Å². The molecule has 30 heavy (non-hydrogen) atoms. The molecular weight excluding hydrogens is 402 g/mol. The van der Waals surface area contributed by atoms with E-state index in [2.05, 4.69) is 0 Å². The molecule has 2 aromatic heterocycles. The van der Waals surface area contributed by atoms with E-state index in [1.165, 1.54) is 6.07 Å². The average molecular weight is 421 g/mol. The molecule has 2 heterocycles. The van der Waals surface area contributed by atoms with Gasteiger partial charge in [-0.1, -0.05) is 6.07 Å². The van der Waals surface area contributed by atoms with Gasteiger partial charge in [0.15, 0.2) is 6.61 Å². The Balaban J connectivity index is 1.52. The molecular formula is C23H19NO5S. The van der Waals surface area contributed by atoms with Crippen LogP contribution in [0.15, 0.2) is 81.3 Å². The maximum absolute atomic E-state index is 13.0. The van der Waals surface area contributed by atoms with E-state index >= 15 is 0 Å². The molecule has 0 radical (unpaired) electrons. The molecule has 1 amide bonds. The Kier molecular flexibility index (Phi) is 5.81. The first-order valence-electron chi connectivity index (χ1n) is 9.26. The first-order chi connectivity index (χ1) is 14.6. The summed E-state index contributed by atoms with van der Waals surface area (Å²) in [7, 11) is 1.60. The number of anilines is 1. The first-order valence-corrected chi connectivity index (χ1v) is 10.1. The molecule has 6 nitrogen and oxygen atoms in total. The maximum atomic E-state index is 13.0. The number of methoxy groups -OCH3 is 1. The first kappa shape index (κ1) is 19.7. The molecule has 7 heteroatoms. The predicted octanol–water partition coefficient (Wildman–Crippen LogP) is 4.48. The van der Waals surface area contributed by atoms with Gasteiger partial charge in [-0.2, -0.15) is 0 Å². The zero-order valence-electron chi connectivity index (χ0n) is 16.2. The molecule has 0 N–H and O–H groups in total. The highest BCUT2D eigenvalue weighted by Gasteiger charge is 2.18. The second-order valence-electron chi connectivity index (χ2n) is 6.50. The van der Waals surface area contributed by atoms with Gasteiger partial charge in [0.05, 0.1) is 13.7 Å². The van der Waals surface area contributed by atoms with Crippen molar-refractivity contribution in [3.8, 4) is 11.5 Å². The summed E-state index contributed by atoms with van der Waals surface area (Å²) in [4.78, 5) is 27.2. The Bertz CT molecular complexity index is 1200. The molecule has 0 atom stereocenters. The van der Waals surface area contributed by atoms with Crippen LogP contribution in [0.3, 0.4) is 0 Å². The molecule has 152 valence electrons. The molecule has 4 aromatic rings. The van der Waals surface area contributed by atoms with E-state index in [9.17, 15) is 9.59 Å². The second-order valence-corrected chi connectivity index (χ2v) is 7.53. The molecule has 0 saturated heterocycles. The van der Waals surface area contributed by atoms with Gasteiger partial charge >= 0.3 is 5.63 Å². The van der Waals surface area contributed by atoms with Gasteiger partial charge in [0.25, 0.3) is 5.91 Å². The van der Waals surface area contributed by atoms with Gasteiger partial charge in [0.1, 0.15) is 17.1 Å². The van der Waals surface area contributed by atoms with Crippen LogP contribution in [0.4, 0.5) is 5.69 Å². The van der Waals surface area contributed by atoms with Gasteiger partial charge in [0, 0.05) is 28.1 Å². The van der Waals surface area contributed by atoms with Gasteiger partial charge < -0.3 is 18.8 Å². The molecule has 4 rings (SSSR count). The van der Waals surface area contributed by atoms with E-state index in [4.69, 9.17) is 13.9 Å². The highest BCUT2D eigenvalue weighted by atomic mass is 32.1. The molecule has 0 aliphatic heterocycles. The number of carbonyl (C=O) groups is 1. The summed E-state index contributed by atoms with van der Waals surface area (Å²) in [5, 5.41) is 2.76. The number of rotatable bonds is 7. The smallest absolute Gasteiger partial charge is 0.336 e. The summed E-state index contributed by atoms with van der Waals surface area (Å²) < 4.78 is 16.1. The van der Waals surface area contributed by atoms with Crippen molar-refractivity contribution in [1.82, 2.24) is 0 Å². The van der Waals surface area contributed by atoms with Crippen molar-refractivity contribution in [2.45, 2.75) is 6.54 Å². The van der Waals surface area contributed by atoms with Gasteiger partial charge in [-0.25, -0.2) is 4.79 Å². The SMILES string of the molecule is COc1ccc(N(Cc2cccs2)C(=O)COc2ccc3ccc(=O)oc3c2)cc1. The van der Waals surface area contributed by atoms with Crippen LogP contribution in [-0.2, 0) is 11.3 Å². The van der Waals surface area contributed by atoms with Crippen molar-refractivity contribution in [3.63, 3.8) is 0 Å². The fraction of sp³-hybridized carbons (Fsp3) is 0.130. The standard InChI is InChI=1S/C23H19NO5S/c1-27-18-9-6-17(7-10-18)24(14-20-3-2-12-30-20)22(25)15-28-19-8-4-16-5-11-23(26)29-21(16)13-19/h2-13H,14-15H2,1H3. The van der Waals surface area contributed by atoms with E-state index in [1.54, 1.807) is 47.6 Å². The predicted molar refractivity (Wildman–Crippen MR) is 116 cm³/mol. The fourth-order valence-electron chi connectivity index (χ4n) is 3.00. The van der Waals surface area contributed by atoms with E-state index in [0.717, 1.165) is 21.7 Å². The molecule has 0 saturated carbocycles. The van der Waals surface area contributed by atoms with E-state index < -0.39 is 5.63 Å². The van der Waals surface area contributed by atoms with Crippen LogP contribution in [0.25, 0.3) is 11.0 Å². The molecule has 0 aliphatic carbocycles. The number of thiophene rings is 1. The number of amides is 1. The van der Waals surface area contributed by atoms with Crippen molar-refractivity contribution in [3.05, 3.63) is 87.4 Å². The van der Waals surface area contributed by atoms with Crippen LogP contribution in [0.1, 0.15) is 4.88 Å². The van der Waals surface area contributed by atoms with Crippen molar-refractivity contribution in [2.24, 2.45) is 0 Å². The lowest BCUT2D eigenvalue weighted by atomic mass is 10.2. The summed E-state index contributed by atoms with van der Waals surface area (Å²) in [6.07, 6.45) is 0. The highest BCUT2D eigenvalue weighted by molar-refractivity contribution is 7.09. The molecule has 0 fully saturated rings. The number of hydrogen-bond donors (Lipinski definition) is 0. The summed E-state index contributed by atoms with van der Waals surface area (Å²) >= 11 is 1.59. The number of carbonyl (C=O) groups excluding carboxylic acids is 1. The summed E-state index contributed by atoms with van der Waals surface area (Å²) in [5.74, 6) is 0.982. The van der Waals surface area contributed by atoms with Crippen LogP contribution in [0.2, 0.25) is 0 Å². The zero-order chi connectivity index (χ0) is 20.9. The third-order valence-corrected chi connectivity index (χ3v) is 5.40. The number of ether oxygens (including phenoxy) is 2. The minimum absolute atomic E-state index is 0.153. The summed E-state index contributed by atoms with van der Waals surface area (Å²) in [5.41, 5.74) is 0.734. The monoisotopic (exact) mass is 421 g/mol. The zero-order valence-corrected chi connectivity index (χ0v) is 17.1. The lowest BCUT2D eigenvalue weighted by Gasteiger charge is -2.22. The van der Waals surface area contributed by atoms with Crippen molar-refractivity contribution in [1.29, 1.82) is 0 Å². The fourth-order valence-corrected chi connectivity index (χ4v) is 3.69. The molecule has 0 aliphatic rings. The van der Waals surface area contributed by atoms with Crippen LogP contribution in [-0.4, -0.2) is 19.6 Å². The number of benzene rings is 2. The average Bonchev–Trinajstić information content (AvgIpc) is 3.29. The minimum Gasteiger partial charge on any atom is -0.497 e. The van der Waals surface area contributed by atoms with Gasteiger partial charge in [-0.3, -0.25) is 4.79 Å². The minimum atomic E-state index is -0.433. The largest absolute Gasteiger partial charge is 0.497 e. The Morgan fingerprint density at radius 2 is 1.80 bits per heavy atom. The van der Waals surface area contributed by atoms with Crippen molar-refractivity contribution >= 4 is 33.9 Å². The number of hydrogen-bond acceptors (Lipinski definition) is 6. The van der Waals surface area contributed by atoms with Gasteiger partial charge in [-0.05, 0) is 53.9 Å². The number of nitrogens with zero attached hydrogens (tertiary/aromatic N) is 1. The third-order valence-electron chi connectivity index (χ3n) is 4.54. The molecule has 0 spiro atoms. The summed E-state index contributed by atoms with van der Waals surface area (Å²) in [6.45, 7) is 0.290. The maximum Gasteiger partial charge on any atom is 0.336 e. The Labute approximate surface area is 176 Å². The Hall–Kier alpha value is -3.58. The van der Waals surface area contributed by atoms with E-state index in [-0.39, 0.29) is 12.5 Å². The second kappa shape index (κ2) is 8.84. The topological polar surface area (TPSA) is 69.0 Å². The third kappa shape index (κ3) is 4.52. The van der Waals surface area contributed by atoms with E-state index in [0.29, 0.717) is 17.9 Å². The number of fused-ring (bicyclic) bond motifs is 1. The molecule has 0 bridgehead atoms. The van der Waals surface area contributed by atoms with Crippen molar-refractivity contribution in [2.75, 3.05) is 18.6 Å². The van der Waals surface area contributed by atoms with Crippen LogP contribution in [0.5, 0.6) is 11.5 Å².